The predicted molar refractivity (Wildman–Crippen MR) is 74.5 cm³/mol. The fourth-order valence-electron chi connectivity index (χ4n) is 1.47. The summed E-state index contributed by atoms with van der Waals surface area (Å²) in [6.45, 7) is 2.77. The number of amides is 2. The molecule has 0 unspecified atom stereocenters. The van der Waals surface area contributed by atoms with Crippen LogP contribution in [-0.4, -0.2) is 29.9 Å². The number of para-hydroxylation sites is 1. The molecule has 1 aromatic rings. The Bertz CT molecular complexity index is 591. The van der Waals surface area contributed by atoms with E-state index in [0.29, 0.717) is 11.3 Å². The number of aliphatic carboxylic acids is 1. The lowest BCUT2D eigenvalue weighted by Crippen LogP contribution is -2.22. The highest BCUT2D eigenvalue weighted by atomic mass is 16.4. The van der Waals surface area contributed by atoms with Crippen LogP contribution in [0.15, 0.2) is 35.4 Å². The Morgan fingerprint density at radius 3 is 2.20 bits per heavy atom. The van der Waals surface area contributed by atoms with Gasteiger partial charge in [0, 0.05) is 18.2 Å². The summed E-state index contributed by atoms with van der Waals surface area (Å²) in [7, 11) is 1.49. The third-order valence-corrected chi connectivity index (χ3v) is 2.87. The first-order valence-corrected chi connectivity index (χ1v) is 5.91. The molecule has 0 fully saturated rings. The molecule has 6 heteroatoms. The summed E-state index contributed by atoms with van der Waals surface area (Å²) in [5.41, 5.74) is 0.683. The predicted octanol–water partition coefficient (Wildman–Crippen LogP) is 1.41. The van der Waals surface area contributed by atoms with Crippen molar-refractivity contribution in [2.45, 2.75) is 13.8 Å². The van der Waals surface area contributed by atoms with Gasteiger partial charge in [-0.05, 0) is 26.0 Å². The summed E-state index contributed by atoms with van der Waals surface area (Å²) < 4.78 is 0. The van der Waals surface area contributed by atoms with Crippen LogP contribution in [0, 0.1) is 0 Å². The van der Waals surface area contributed by atoms with Crippen LogP contribution in [0.2, 0.25) is 0 Å². The molecule has 106 valence electrons. The highest BCUT2D eigenvalue weighted by Crippen LogP contribution is 2.16. The zero-order valence-corrected chi connectivity index (χ0v) is 11.5. The van der Waals surface area contributed by atoms with Crippen LogP contribution in [0.3, 0.4) is 0 Å². The zero-order valence-electron chi connectivity index (χ0n) is 11.5. The fourth-order valence-corrected chi connectivity index (χ4v) is 1.47. The van der Waals surface area contributed by atoms with E-state index in [9.17, 15) is 14.4 Å². The minimum absolute atomic E-state index is 0.0417. The molecule has 0 saturated heterocycles. The molecule has 0 spiro atoms. The number of rotatable bonds is 4. The molecular weight excluding hydrogens is 260 g/mol. The van der Waals surface area contributed by atoms with Crippen LogP contribution >= 0.6 is 0 Å². The van der Waals surface area contributed by atoms with Crippen LogP contribution in [0.4, 0.5) is 5.69 Å². The minimum atomic E-state index is -1.16. The largest absolute Gasteiger partial charge is 0.478 e. The number of benzene rings is 1. The van der Waals surface area contributed by atoms with Gasteiger partial charge >= 0.3 is 5.97 Å². The average molecular weight is 276 g/mol. The second-order valence-corrected chi connectivity index (χ2v) is 4.13. The van der Waals surface area contributed by atoms with E-state index in [0.717, 1.165) is 0 Å². The quantitative estimate of drug-likeness (QED) is 0.724. The van der Waals surface area contributed by atoms with Gasteiger partial charge in [-0.2, -0.15) is 0 Å². The minimum Gasteiger partial charge on any atom is -0.478 e. The number of carbonyl (C=O) groups is 3. The van der Waals surface area contributed by atoms with Crippen LogP contribution in [0.5, 0.6) is 0 Å². The Morgan fingerprint density at radius 2 is 1.65 bits per heavy atom. The molecule has 3 N–H and O–H groups in total. The highest BCUT2D eigenvalue weighted by Gasteiger charge is 2.15. The van der Waals surface area contributed by atoms with Crippen molar-refractivity contribution < 1.29 is 19.5 Å². The Balaban J connectivity index is 3.06. The zero-order chi connectivity index (χ0) is 15.3. The molecule has 0 aromatic heterocycles. The number of nitrogens with one attached hydrogen (secondary N) is 2. The van der Waals surface area contributed by atoms with E-state index in [4.69, 9.17) is 5.11 Å². The second-order valence-electron chi connectivity index (χ2n) is 4.13. The van der Waals surface area contributed by atoms with Gasteiger partial charge in [0.15, 0.2) is 0 Å². The SMILES string of the molecule is CNC(=O)c1ccccc1NC(=O)C(C)=C(C)C(=O)O. The molecule has 0 atom stereocenters. The van der Waals surface area contributed by atoms with Crippen LogP contribution in [-0.2, 0) is 9.59 Å². The van der Waals surface area contributed by atoms with Crippen LogP contribution in [0.25, 0.3) is 0 Å². The van der Waals surface area contributed by atoms with Gasteiger partial charge in [-0.1, -0.05) is 12.1 Å². The second kappa shape index (κ2) is 6.51. The van der Waals surface area contributed by atoms with E-state index in [2.05, 4.69) is 10.6 Å². The van der Waals surface area contributed by atoms with E-state index >= 15 is 0 Å². The van der Waals surface area contributed by atoms with Gasteiger partial charge in [0.1, 0.15) is 0 Å². The molecule has 20 heavy (non-hydrogen) atoms. The maximum absolute atomic E-state index is 12.0. The van der Waals surface area contributed by atoms with E-state index in [1.54, 1.807) is 24.3 Å². The van der Waals surface area contributed by atoms with Crippen molar-refractivity contribution in [1.29, 1.82) is 0 Å². The summed E-state index contributed by atoms with van der Waals surface area (Å²) in [5, 5.41) is 13.9. The molecule has 0 aliphatic carbocycles. The molecule has 0 heterocycles. The number of anilines is 1. The first kappa shape index (κ1) is 15.4. The summed E-state index contributed by atoms with van der Waals surface area (Å²) >= 11 is 0. The lowest BCUT2D eigenvalue weighted by molar-refractivity contribution is -0.133. The van der Waals surface area contributed by atoms with Gasteiger partial charge in [0.2, 0.25) is 0 Å². The van der Waals surface area contributed by atoms with Gasteiger partial charge in [0.25, 0.3) is 11.8 Å². The molecule has 0 bridgehead atoms. The molecule has 0 aliphatic heterocycles. The maximum Gasteiger partial charge on any atom is 0.331 e. The Labute approximate surface area is 116 Å². The Hall–Kier alpha value is -2.63. The van der Waals surface area contributed by atoms with Gasteiger partial charge in [-0.15, -0.1) is 0 Å². The van der Waals surface area contributed by atoms with Crippen molar-refractivity contribution in [3.05, 3.63) is 41.0 Å². The fraction of sp³-hybridized carbons (Fsp3) is 0.214. The molecule has 0 aliphatic rings. The van der Waals surface area contributed by atoms with Gasteiger partial charge in [-0.3, -0.25) is 9.59 Å². The molecule has 0 radical (unpaired) electrons. The summed E-state index contributed by atoms with van der Waals surface area (Å²) in [6.07, 6.45) is 0. The maximum atomic E-state index is 12.0. The monoisotopic (exact) mass is 276 g/mol. The molecule has 1 rings (SSSR count). The van der Waals surface area contributed by atoms with Crippen LogP contribution in [0.1, 0.15) is 24.2 Å². The first-order valence-electron chi connectivity index (χ1n) is 5.91. The van der Waals surface area contributed by atoms with E-state index in [1.165, 1.54) is 20.9 Å². The average Bonchev–Trinajstić information content (AvgIpc) is 2.45. The van der Waals surface area contributed by atoms with E-state index < -0.39 is 11.9 Å². The Morgan fingerprint density at radius 1 is 1.05 bits per heavy atom. The van der Waals surface area contributed by atoms with E-state index in [1.807, 2.05) is 0 Å². The van der Waals surface area contributed by atoms with Crippen molar-refractivity contribution in [2.75, 3.05) is 12.4 Å². The summed E-state index contributed by atoms with van der Waals surface area (Å²) in [5.74, 6) is -2.05. The Kier molecular flexibility index (Phi) is 5.02. The van der Waals surface area contributed by atoms with Crippen molar-refractivity contribution in [3.63, 3.8) is 0 Å². The van der Waals surface area contributed by atoms with Gasteiger partial charge in [0.05, 0.1) is 11.3 Å². The van der Waals surface area contributed by atoms with Gasteiger partial charge in [-0.25, -0.2) is 4.79 Å². The molecule has 1 aromatic carbocycles. The summed E-state index contributed by atoms with van der Waals surface area (Å²) in [6, 6.07) is 6.49. The number of carboxylic acid groups (broad SMARTS) is 1. The van der Waals surface area contributed by atoms with Crippen molar-refractivity contribution >= 4 is 23.5 Å². The molecule has 6 nitrogen and oxygen atoms in total. The number of hydrogen-bond acceptors (Lipinski definition) is 3. The number of carboxylic acids is 1. The molecule has 2 amide bonds. The van der Waals surface area contributed by atoms with Crippen molar-refractivity contribution in [3.8, 4) is 0 Å². The third-order valence-electron chi connectivity index (χ3n) is 2.87. The highest BCUT2D eigenvalue weighted by molar-refractivity contribution is 6.11. The lowest BCUT2D eigenvalue weighted by atomic mass is 10.1. The number of hydrogen-bond donors (Lipinski definition) is 3. The van der Waals surface area contributed by atoms with E-state index in [-0.39, 0.29) is 17.1 Å². The molecular formula is C14H16N2O4. The molecule has 0 saturated carbocycles. The third kappa shape index (κ3) is 3.44. The normalized spacial score (nSPS) is 11.3. The topological polar surface area (TPSA) is 95.5 Å². The lowest BCUT2D eigenvalue weighted by Gasteiger charge is -2.11. The van der Waals surface area contributed by atoms with Crippen molar-refractivity contribution in [2.24, 2.45) is 0 Å². The first-order chi connectivity index (χ1) is 9.38. The summed E-state index contributed by atoms with van der Waals surface area (Å²) in [4.78, 5) is 34.4. The standard InChI is InChI=1S/C14H16N2O4/c1-8(9(2)14(19)20)12(17)16-11-7-5-4-6-10(11)13(18)15-3/h4-7H,1-3H3,(H,15,18)(H,16,17)(H,19,20). The number of carbonyl (C=O) groups excluding carboxylic acids is 2. The van der Waals surface area contributed by atoms with Crippen LogP contribution < -0.4 is 10.6 Å². The van der Waals surface area contributed by atoms with Crippen molar-refractivity contribution in [1.82, 2.24) is 5.32 Å². The van der Waals surface area contributed by atoms with Gasteiger partial charge < -0.3 is 15.7 Å². The smallest absolute Gasteiger partial charge is 0.331 e.